The third-order valence-corrected chi connectivity index (χ3v) is 5.00. The maximum Gasteiger partial charge on any atom is 0.410 e. The molecule has 0 spiro atoms. The van der Waals surface area contributed by atoms with Crippen molar-refractivity contribution in [1.82, 2.24) is 4.90 Å². The molecular formula is C18H24Cl2N2O3. The van der Waals surface area contributed by atoms with Gasteiger partial charge in [-0.2, -0.15) is 0 Å². The molecule has 1 fully saturated rings. The fraction of sp³-hybridized carbons (Fsp3) is 0.611. The predicted octanol–water partition coefficient (Wildman–Crippen LogP) is 4.51. The summed E-state index contributed by atoms with van der Waals surface area (Å²) in [6, 6.07) is 8.06. The van der Waals surface area contributed by atoms with E-state index >= 15 is 0 Å². The molecular weight excluding hydrogens is 363 g/mol. The van der Waals surface area contributed by atoms with E-state index in [1.165, 1.54) is 0 Å². The molecule has 138 valence electrons. The lowest BCUT2D eigenvalue weighted by Gasteiger charge is -2.47. The molecule has 3 rings (SSSR count). The topological polar surface area (TPSA) is 42.0 Å². The Hall–Kier alpha value is -1.17. The number of hydrogen-bond acceptors (Lipinski definition) is 4. The van der Waals surface area contributed by atoms with Crippen molar-refractivity contribution in [3.05, 3.63) is 29.8 Å². The summed E-state index contributed by atoms with van der Waals surface area (Å²) in [5.74, 6) is 0. The largest absolute Gasteiger partial charge is 0.444 e. The van der Waals surface area contributed by atoms with Gasteiger partial charge in [0.05, 0.1) is 6.61 Å². The SMILES string of the molecule is CC(C)(C)OC(=O)N1CCC(N2c3ccccc3COC2(Cl)Cl)CC1. The molecule has 0 bridgehead atoms. The first-order valence-electron chi connectivity index (χ1n) is 8.54. The summed E-state index contributed by atoms with van der Waals surface area (Å²) in [6.07, 6.45) is 1.22. The van der Waals surface area contributed by atoms with Crippen LogP contribution in [0.2, 0.25) is 0 Å². The highest BCUT2D eigenvalue weighted by atomic mass is 35.5. The standard InChI is InChI=1S/C18H24Cl2N2O3/c1-17(2,3)25-16(23)21-10-8-14(9-11-21)22-15-7-5-4-6-13(15)12-24-18(22,19)20/h4-7,14H,8-12H2,1-3H3. The van der Waals surface area contributed by atoms with Crippen molar-refractivity contribution in [3.63, 3.8) is 0 Å². The Morgan fingerprint density at radius 2 is 1.88 bits per heavy atom. The second-order valence-corrected chi connectivity index (χ2v) is 8.69. The maximum atomic E-state index is 12.2. The number of alkyl halides is 2. The number of piperidine rings is 1. The minimum absolute atomic E-state index is 0.0927. The number of carbonyl (C=O) groups excluding carboxylic acids is 1. The Labute approximate surface area is 158 Å². The van der Waals surface area contributed by atoms with E-state index in [0.717, 1.165) is 24.1 Å². The third kappa shape index (κ3) is 4.15. The number of para-hydroxylation sites is 1. The van der Waals surface area contributed by atoms with Crippen LogP contribution in [0.25, 0.3) is 0 Å². The number of halogens is 2. The lowest BCUT2D eigenvalue weighted by atomic mass is 10.0. The first-order chi connectivity index (χ1) is 11.7. The second-order valence-electron chi connectivity index (χ2n) is 7.47. The van der Waals surface area contributed by atoms with Crippen LogP contribution in [0.4, 0.5) is 10.5 Å². The van der Waals surface area contributed by atoms with Crippen molar-refractivity contribution in [2.45, 2.75) is 56.5 Å². The molecule has 0 atom stereocenters. The van der Waals surface area contributed by atoms with Gasteiger partial charge in [0.1, 0.15) is 5.60 Å². The molecule has 2 heterocycles. The van der Waals surface area contributed by atoms with E-state index < -0.39 is 10.2 Å². The molecule has 2 aliphatic rings. The summed E-state index contributed by atoms with van der Waals surface area (Å²) in [5.41, 5.74) is 1.57. The zero-order chi connectivity index (χ0) is 18.2. The van der Waals surface area contributed by atoms with E-state index in [2.05, 4.69) is 0 Å². The van der Waals surface area contributed by atoms with Crippen molar-refractivity contribution in [2.75, 3.05) is 18.0 Å². The van der Waals surface area contributed by atoms with Crippen LogP contribution in [0.1, 0.15) is 39.2 Å². The van der Waals surface area contributed by atoms with Crippen LogP contribution in [-0.4, -0.2) is 40.4 Å². The molecule has 1 amide bonds. The van der Waals surface area contributed by atoms with Crippen molar-refractivity contribution >= 4 is 35.0 Å². The van der Waals surface area contributed by atoms with Gasteiger partial charge in [0.15, 0.2) is 0 Å². The maximum absolute atomic E-state index is 12.2. The van der Waals surface area contributed by atoms with Gasteiger partial charge >= 0.3 is 10.7 Å². The summed E-state index contributed by atoms with van der Waals surface area (Å²) in [7, 11) is 0. The Morgan fingerprint density at radius 1 is 1.24 bits per heavy atom. The van der Waals surface area contributed by atoms with Gasteiger partial charge in [-0.15, -0.1) is 0 Å². The average molecular weight is 387 g/mol. The van der Waals surface area contributed by atoms with Crippen LogP contribution < -0.4 is 4.90 Å². The van der Waals surface area contributed by atoms with Gasteiger partial charge in [-0.25, -0.2) is 4.79 Å². The lowest BCUT2D eigenvalue weighted by molar-refractivity contribution is 0.0155. The van der Waals surface area contributed by atoms with E-state index in [4.69, 9.17) is 32.7 Å². The highest BCUT2D eigenvalue weighted by molar-refractivity contribution is 6.48. The number of fused-ring (bicyclic) bond motifs is 1. The smallest absolute Gasteiger partial charge is 0.410 e. The lowest BCUT2D eigenvalue weighted by Crippen LogP contribution is -2.55. The zero-order valence-corrected chi connectivity index (χ0v) is 16.3. The van der Waals surface area contributed by atoms with Crippen LogP contribution in [0.3, 0.4) is 0 Å². The number of nitrogens with zero attached hydrogens (tertiary/aromatic N) is 2. The first kappa shape index (κ1) is 18.6. The molecule has 1 saturated heterocycles. The van der Waals surface area contributed by atoms with E-state index in [9.17, 15) is 4.79 Å². The van der Waals surface area contributed by atoms with Crippen LogP contribution in [0.5, 0.6) is 0 Å². The Kier molecular flexibility index (Phi) is 5.11. The fourth-order valence-corrected chi connectivity index (χ4v) is 3.85. The monoisotopic (exact) mass is 386 g/mol. The van der Waals surface area contributed by atoms with Gasteiger partial charge < -0.3 is 19.3 Å². The van der Waals surface area contributed by atoms with Crippen molar-refractivity contribution in [3.8, 4) is 0 Å². The normalized spacial score (nSPS) is 21.0. The Balaban J connectivity index is 1.71. The molecule has 0 aromatic heterocycles. The number of hydrogen-bond donors (Lipinski definition) is 0. The van der Waals surface area contributed by atoms with Gasteiger partial charge in [-0.3, -0.25) is 0 Å². The summed E-state index contributed by atoms with van der Waals surface area (Å²) in [6.45, 7) is 7.19. The summed E-state index contributed by atoms with van der Waals surface area (Å²) in [5, 5.41) is 0. The zero-order valence-electron chi connectivity index (χ0n) is 14.8. The Morgan fingerprint density at radius 3 is 2.52 bits per heavy atom. The van der Waals surface area contributed by atoms with Crippen LogP contribution in [0, 0.1) is 0 Å². The second kappa shape index (κ2) is 6.86. The molecule has 0 radical (unpaired) electrons. The minimum Gasteiger partial charge on any atom is -0.444 e. The average Bonchev–Trinajstić information content (AvgIpc) is 2.53. The molecule has 0 saturated carbocycles. The summed E-state index contributed by atoms with van der Waals surface area (Å²) < 4.78 is 9.71. The Bertz CT molecular complexity index is 637. The molecule has 1 aromatic rings. The number of rotatable bonds is 1. The molecule has 0 N–H and O–H groups in total. The van der Waals surface area contributed by atoms with Crippen molar-refractivity contribution in [1.29, 1.82) is 0 Å². The van der Waals surface area contributed by atoms with Crippen LogP contribution >= 0.6 is 23.2 Å². The number of benzene rings is 1. The third-order valence-electron chi connectivity index (χ3n) is 4.41. The minimum atomic E-state index is -1.40. The van der Waals surface area contributed by atoms with Gasteiger partial charge in [0.2, 0.25) is 0 Å². The van der Waals surface area contributed by atoms with E-state index in [0.29, 0.717) is 19.7 Å². The summed E-state index contributed by atoms with van der Waals surface area (Å²) >= 11 is 12.9. The number of anilines is 1. The fourth-order valence-electron chi connectivity index (χ4n) is 3.28. The van der Waals surface area contributed by atoms with Crippen LogP contribution in [-0.2, 0) is 16.1 Å². The quantitative estimate of drug-likeness (QED) is 0.525. The number of ether oxygens (including phenoxy) is 2. The molecule has 5 nitrogen and oxygen atoms in total. The van der Waals surface area contributed by atoms with Gasteiger partial charge in [-0.05, 0) is 62.9 Å². The molecule has 25 heavy (non-hydrogen) atoms. The highest BCUT2D eigenvalue weighted by Gasteiger charge is 2.44. The van der Waals surface area contributed by atoms with Crippen molar-refractivity contribution in [2.24, 2.45) is 0 Å². The number of amides is 1. The molecule has 0 aliphatic carbocycles. The van der Waals surface area contributed by atoms with Crippen molar-refractivity contribution < 1.29 is 14.3 Å². The first-order valence-corrected chi connectivity index (χ1v) is 9.30. The molecule has 0 unspecified atom stereocenters. The number of carbonyl (C=O) groups is 1. The molecule has 7 heteroatoms. The van der Waals surface area contributed by atoms with E-state index in [1.807, 2.05) is 49.9 Å². The summed E-state index contributed by atoms with van der Waals surface area (Å²) in [4.78, 5) is 15.9. The van der Waals surface area contributed by atoms with Gasteiger partial charge in [-0.1, -0.05) is 18.2 Å². The van der Waals surface area contributed by atoms with E-state index in [1.54, 1.807) is 4.90 Å². The molecule has 2 aliphatic heterocycles. The highest BCUT2D eigenvalue weighted by Crippen LogP contribution is 2.43. The van der Waals surface area contributed by atoms with Gasteiger partial charge in [0.25, 0.3) is 0 Å². The van der Waals surface area contributed by atoms with Crippen LogP contribution in [0.15, 0.2) is 24.3 Å². The van der Waals surface area contributed by atoms with E-state index in [-0.39, 0.29) is 12.1 Å². The number of likely N-dealkylation sites (tertiary alicyclic amines) is 1. The predicted molar refractivity (Wildman–Crippen MR) is 99.0 cm³/mol. The van der Waals surface area contributed by atoms with Gasteiger partial charge in [0, 0.05) is 30.4 Å². The molecule has 1 aromatic carbocycles.